The molecule has 2 unspecified atom stereocenters. The van der Waals surface area contributed by atoms with Gasteiger partial charge in [-0.3, -0.25) is 4.79 Å². The molecule has 0 aliphatic heterocycles. The van der Waals surface area contributed by atoms with Crippen molar-refractivity contribution < 1.29 is 9.18 Å². The fourth-order valence-corrected chi connectivity index (χ4v) is 3.49. The summed E-state index contributed by atoms with van der Waals surface area (Å²) in [6.45, 7) is 0.575. The van der Waals surface area contributed by atoms with Crippen LogP contribution in [0.15, 0.2) is 22.7 Å². The lowest BCUT2D eigenvalue weighted by Crippen LogP contribution is -2.35. The molecular weight excluding hydrogens is 345 g/mol. The van der Waals surface area contributed by atoms with Gasteiger partial charge in [-0.1, -0.05) is 28.8 Å². The number of carbonyl (C=O) groups excluding carboxylic acids is 1. The molecule has 0 radical (unpaired) electrons. The maximum absolute atomic E-state index is 13.7. The van der Waals surface area contributed by atoms with Gasteiger partial charge in [0.1, 0.15) is 5.82 Å². The normalized spacial score (nSPS) is 22.6. The number of rotatable bonds is 4. The Morgan fingerprint density at radius 3 is 2.70 bits per heavy atom. The van der Waals surface area contributed by atoms with E-state index in [1.807, 2.05) is 0 Å². The van der Waals surface area contributed by atoms with E-state index in [-0.39, 0.29) is 11.5 Å². The number of amides is 1. The summed E-state index contributed by atoms with van der Waals surface area (Å²) in [5.41, 5.74) is 0.0893. The Hall–Kier alpha value is -0.610. The molecule has 2 atom stereocenters. The van der Waals surface area contributed by atoms with Gasteiger partial charge in [-0.15, -0.1) is 11.6 Å². The van der Waals surface area contributed by atoms with Gasteiger partial charge in [-0.25, -0.2) is 4.39 Å². The monoisotopic (exact) mass is 361 g/mol. The third kappa shape index (κ3) is 3.95. The van der Waals surface area contributed by atoms with E-state index in [9.17, 15) is 9.18 Å². The summed E-state index contributed by atoms with van der Waals surface area (Å²) in [7, 11) is 0. The molecule has 1 amide bonds. The molecule has 2 nitrogen and oxygen atoms in total. The van der Waals surface area contributed by atoms with E-state index in [4.69, 9.17) is 11.6 Å². The van der Waals surface area contributed by atoms with Crippen molar-refractivity contribution in [2.45, 2.75) is 25.7 Å². The number of hydrogen-bond acceptors (Lipinski definition) is 1. The molecule has 1 fully saturated rings. The second-order valence-electron chi connectivity index (χ2n) is 5.29. The number of benzene rings is 1. The summed E-state index contributed by atoms with van der Waals surface area (Å²) in [4.78, 5) is 12.0. The van der Waals surface area contributed by atoms with Crippen LogP contribution >= 0.6 is 27.5 Å². The van der Waals surface area contributed by atoms with E-state index in [1.165, 1.54) is 25.0 Å². The Morgan fingerprint density at radius 1 is 1.35 bits per heavy atom. The molecule has 0 aromatic heterocycles. The molecule has 1 aliphatic carbocycles. The second-order valence-corrected chi connectivity index (χ2v) is 6.52. The lowest BCUT2D eigenvalue weighted by atomic mass is 9.80. The van der Waals surface area contributed by atoms with Gasteiger partial charge in [-0.05, 0) is 42.9 Å². The zero-order valence-corrected chi connectivity index (χ0v) is 13.5. The first-order valence-electron chi connectivity index (χ1n) is 6.91. The van der Waals surface area contributed by atoms with Crippen molar-refractivity contribution in [3.63, 3.8) is 0 Å². The SMILES string of the molecule is O=C(NCC1CCCCC1CCl)c1ccc(Br)cc1F. The first kappa shape index (κ1) is 15.8. The average molecular weight is 363 g/mol. The van der Waals surface area contributed by atoms with E-state index in [2.05, 4.69) is 21.2 Å². The van der Waals surface area contributed by atoms with Crippen LogP contribution in [0.5, 0.6) is 0 Å². The number of carbonyl (C=O) groups is 1. The third-order valence-corrected chi connectivity index (χ3v) is 4.85. The fraction of sp³-hybridized carbons (Fsp3) is 0.533. The molecule has 0 saturated heterocycles. The van der Waals surface area contributed by atoms with Crippen molar-refractivity contribution in [2.75, 3.05) is 12.4 Å². The summed E-state index contributed by atoms with van der Waals surface area (Å²) in [5.74, 6) is 0.639. The van der Waals surface area contributed by atoms with Gasteiger partial charge in [0.15, 0.2) is 0 Å². The predicted octanol–water partition coefficient (Wildman–Crippen LogP) is 4.36. The number of nitrogens with one attached hydrogen (secondary N) is 1. The molecular formula is C15H18BrClFNO. The number of halogens is 3. The standard InChI is InChI=1S/C15H18BrClFNO/c16-12-5-6-13(14(18)7-12)15(20)19-9-11-4-2-1-3-10(11)8-17/h5-7,10-11H,1-4,8-9H2,(H,19,20). The van der Waals surface area contributed by atoms with Crippen LogP contribution in [0.2, 0.25) is 0 Å². The van der Waals surface area contributed by atoms with Crippen LogP contribution < -0.4 is 5.32 Å². The van der Waals surface area contributed by atoms with Crippen LogP contribution in [0.4, 0.5) is 4.39 Å². The first-order valence-corrected chi connectivity index (χ1v) is 8.23. The topological polar surface area (TPSA) is 29.1 Å². The third-order valence-electron chi connectivity index (χ3n) is 3.97. The molecule has 2 rings (SSSR count). The minimum atomic E-state index is -0.505. The summed E-state index contributed by atoms with van der Waals surface area (Å²) in [6, 6.07) is 4.46. The Kier molecular flexibility index (Phi) is 5.85. The van der Waals surface area contributed by atoms with Gasteiger partial charge >= 0.3 is 0 Å². The van der Waals surface area contributed by atoms with Crippen LogP contribution in [-0.2, 0) is 0 Å². The van der Waals surface area contributed by atoms with Crippen LogP contribution in [0, 0.1) is 17.7 Å². The van der Waals surface area contributed by atoms with Crippen molar-refractivity contribution >= 4 is 33.4 Å². The average Bonchev–Trinajstić information content (AvgIpc) is 2.45. The van der Waals surface area contributed by atoms with E-state index in [0.717, 1.165) is 12.8 Å². The Labute approximate surface area is 132 Å². The molecule has 0 spiro atoms. The molecule has 1 N–H and O–H groups in total. The predicted molar refractivity (Wildman–Crippen MR) is 82.6 cm³/mol. The molecule has 110 valence electrons. The molecule has 0 bridgehead atoms. The largest absolute Gasteiger partial charge is 0.352 e. The zero-order chi connectivity index (χ0) is 14.5. The lowest BCUT2D eigenvalue weighted by molar-refractivity contribution is 0.0932. The summed E-state index contributed by atoms with van der Waals surface area (Å²) in [5, 5.41) is 2.84. The summed E-state index contributed by atoms with van der Waals surface area (Å²) in [6.07, 6.45) is 4.60. The highest BCUT2D eigenvalue weighted by Crippen LogP contribution is 2.30. The van der Waals surface area contributed by atoms with Gasteiger partial charge in [0.25, 0.3) is 5.91 Å². The second kappa shape index (κ2) is 7.41. The molecule has 1 aromatic carbocycles. The minimum absolute atomic E-state index is 0.0893. The summed E-state index contributed by atoms with van der Waals surface area (Å²) < 4.78 is 14.3. The highest BCUT2D eigenvalue weighted by atomic mass is 79.9. The van der Waals surface area contributed by atoms with Crippen molar-refractivity contribution in [2.24, 2.45) is 11.8 Å². The molecule has 20 heavy (non-hydrogen) atoms. The maximum atomic E-state index is 13.7. The molecule has 1 saturated carbocycles. The van der Waals surface area contributed by atoms with Gasteiger partial charge in [0, 0.05) is 16.9 Å². The summed E-state index contributed by atoms with van der Waals surface area (Å²) >= 11 is 9.15. The van der Waals surface area contributed by atoms with Crippen molar-refractivity contribution in [3.05, 3.63) is 34.1 Å². The Morgan fingerprint density at radius 2 is 2.05 bits per heavy atom. The number of hydrogen-bond donors (Lipinski definition) is 1. The van der Waals surface area contributed by atoms with E-state index in [0.29, 0.717) is 28.7 Å². The highest BCUT2D eigenvalue weighted by Gasteiger charge is 2.25. The lowest BCUT2D eigenvalue weighted by Gasteiger charge is -2.30. The molecule has 1 aromatic rings. The molecule has 0 heterocycles. The molecule has 1 aliphatic rings. The van der Waals surface area contributed by atoms with Crippen LogP contribution in [0.25, 0.3) is 0 Å². The van der Waals surface area contributed by atoms with Crippen molar-refractivity contribution in [1.82, 2.24) is 5.32 Å². The smallest absolute Gasteiger partial charge is 0.254 e. The van der Waals surface area contributed by atoms with Gasteiger partial charge in [0.05, 0.1) is 5.56 Å². The zero-order valence-electron chi connectivity index (χ0n) is 11.2. The minimum Gasteiger partial charge on any atom is -0.352 e. The Bertz CT molecular complexity index is 483. The van der Waals surface area contributed by atoms with E-state index < -0.39 is 5.82 Å². The molecule has 5 heteroatoms. The maximum Gasteiger partial charge on any atom is 0.254 e. The first-order chi connectivity index (χ1) is 9.61. The Balaban J connectivity index is 1.94. The van der Waals surface area contributed by atoms with Crippen molar-refractivity contribution in [1.29, 1.82) is 0 Å². The van der Waals surface area contributed by atoms with Gasteiger partial charge in [-0.2, -0.15) is 0 Å². The fourth-order valence-electron chi connectivity index (χ4n) is 2.75. The van der Waals surface area contributed by atoms with E-state index >= 15 is 0 Å². The van der Waals surface area contributed by atoms with E-state index in [1.54, 1.807) is 6.07 Å². The highest BCUT2D eigenvalue weighted by molar-refractivity contribution is 9.10. The van der Waals surface area contributed by atoms with Crippen LogP contribution in [0.3, 0.4) is 0 Å². The van der Waals surface area contributed by atoms with Gasteiger partial charge in [0.2, 0.25) is 0 Å². The van der Waals surface area contributed by atoms with Crippen LogP contribution in [0.1, 0.15) is 36.0 Å². The van der Waals surface area contributed by atoms with Crippen molar-refractivity contribution in [3.8, 4) is 0 Å². The number of alkyl halides is 1. The quantitative estimate of drug-likeness (QED) is 0.792. The van der Waals surface area contributed by atoms with Crippen LogP contribution in [-0.4, -0.2) is 18.3 Å². The van der Waals surface area contributed by atoms with Gasteiger partial charge < -0.3 is 5.32 Å².